The van der Waals surface area contributed by atoms with Crippen LogP contribution in [0.5, 0.6) is 0 Å². The number of aromatic nitrogens is 5. The molecule has 7 nitrogen and oxygen atoms in total. The van der Waals surface area contributed by atoms with Crippen LogP contribution < -0.4 is 5.56 Å². The number of aromatic amines is 1. The Hall–Kier alpha value is -3.10. The molecule has 4 rings (SSSR count). The minimum absolute atomic E-state index is 0.123. The first-order valence-electron chi connectivity index (χ1n) is 9.88. The van der Waals surface area contributed by atoms with Gasteiger partial charge in [0, 0.05) is 0 Å². The van der Waals surface area contributed by atoms with Gasteiger partial charge in [-0.25, -0.2) is 9.67 Å². The molecule has 0 aliphatic heterocycles. The number of para-hydroxylation sites is 1. The van der Waals surface area contributed by atoms with Gasteiger partial charge < -0.3 is 4.98 Å². The summed E-state index contributed by atoms with van der Waals surface area (Å²) < 4.78 is 4.35. The van der Waals surface area contributed by atoms with E-state index in [9.17, 15) is 4.79 Å². The van der Waals surface area contributed by atoms with Crippen molar-refractivity contribution >= 4 is 23.1 Å². The van der Waals surface area contributed by atoms with Crippen molar-refractivity contribution in [2.24, 2.45) is 0 Å². The highest BCUT2D eigenvalue weighted by Gasteiger charge is 2.12. The topological polar surface area (TPSA) is 71.7 Å². The van der Waals surface area contributed by atoms with Crippen molar-refractivity contribution in [1.29, 1.82) is 0 Å². The van der Waals surface area contributed by atoms with Crippen LogP contribution in [-0.2, 0) is 13.2 Å². The zero-order valence-electron chi connectivity index (χ0n) is 17.3. The van der Waals surface area contributed by atoms with Gasteiger partial charge >= 0.3 is 0 Å². The predicted molar refractivity (Wildman–Crippen MR) is 120 cm³/mol. The molecule has 8 heteroatoms. The van der Waals surface area contributed by atoms with Gasteiger partial charge in [-0.3, -0.25) is 14.3 Å². The van der Waals surface area contributed by atoms with Gasteiger partial charge in [0.2, 0.25) is 4.77 Å². The molecule has 0 saturated carbocycles. The molecule has 30 heavy (non-hydrogen) atoms. The summed E-state index contributed by atoms with van der Waals surface area (Å²) in [6.07, 6.45) is 1.76. The molecule has 0 spiro atoms. The molecule has 0 aliphatic rings. The number of nitrogens with zero attached hydrogens (tertiary/aromatic N) is 5. The van der Waals surface area contributed by atoms with E-state index in [1.54, 1.807) is 17.1 Å². The van der Waals surface area contributed by atoms with E-state index in [2.05, 4.69) is 58.9 Å². The zero-order valence-corrected chi connectivity index (χ0v) is 18.1. The highest BCUT2D eigenvalue weighted by atomic mass is 32.1. The summed E-state index contributed by atoms with van der Waals surface area (Å²) >= 11 is 5.69. The van der Waals surface area contributed by atoms with Gasteiger partial charge in [0.1, 0.15) is 12.2 Å². The minimum Gasteiger partial charge on any atom is -0.309 e. The van der Waals surface area contributed by atoms with Crippen molar-refractivity contribution in [2.45, 2.75) is 34.0 Å². The van der Waals surface area contributed by atoms with E-state index < -0.39 is 0 Å². The van der Waals surface area contributed by atoms with Crippen LogP contribution in [0.3, 0.4) is 0 Å². The summed E-state index contributed by atoms with van der Waals surface area (Å²) in [5.41, 5.74) is 3.92. The van der Waals surface area contributed by atoms with Crippen LogP contribution >= 0.6 is 12.2 Å². The third-order valence-corrected chi connectivity index (χ3v) is 5.58. The van der Waals surface area contributed by atoms with Crippen molar-refractivity contribution in [3.63, 3.8) is 0 Å². The number of benzene rings is 2. The SMILES string of the molecule is CCN(Cc1nc2ccccc2c(=O)[nH]1)Cn1ncn(-c2cc(C)ccc2C)c1=S. The van der Waals surface area contributed by atoms with Crippen molar-refractivity contribution in [3.05, 3.63) is 80.9 Å². The average Bonchev–Trinajstić information content (AvgIpc) is 3.09. The van der Waals surface area contributed by atoms with E-state index >= 15 is 0 Å². The number of fused-ring (bicyclic) bond motifs is 1. The summed E-state index contributed by atoms with van der Waals surface area (Å²) in [5.74, 6) is 0.626. The predicted octanol–water partition coefficient (Wildman–Crippen LogP) is 3.74. The van der Waals surface area contributed by atoms with Gasteiger partial charge in [-0.1, -0.05) is 31.2 Å². The van der Waals surface area contributed by atoms with Gasteiger partial charge in [-0.15, -0.1) is 0 Å². The minimum atomic E-state index is -0.123. The Balaban J connectivity index is 1.59. The number of aryl methyl sites for hydroxylation is 2. The fourth-order valence-corrected chi connectivity index (χ4v) is 3.70. The Bertz CT molecular complexity index is 1320. The molecule has 1 N–H and O–H groups in total. The molecule has 0 atom stereocenters. The number of rotatable bonds is 6. The quantitative estimate of drug-likeness (QED) is 0.481. The summed E-state index contributed by atoms with van der Waals surface area (Å²) in [6.45, 7) is 7.94. The summed E-state index contributed by atoms with van der Waals surface area (Å²) in [5, 5.41) is 5.10. The Morgan fingerprint density at radius 2 is 1.97 bits per heavy atom. The molecular formula is C22H24N6OS. The monoisotopic (exact) mass is 420 g/mol. The largest absolute Gasteiger partial charge is 0.309 e. The third kappa shape index (κ3) is 3.96. The highest BCUT2D eigenvalue weighted by molar-refractivity contribution is 7.71. The Kier molecular flexibility index (Phi) is 5.61. The van der Waals surface area contributed by atoms with Gasteiger partial charge in [0.25, 0.3) is 5.56 Å². The van der Waals surface area contributed by atoms with E-state index in [0.29, 0.717) is 34.7 Å². The number of hydrogen-bond acceptors (Lipinski definition) is 5. The normalized spacial score (nSPS) is 11.5. The van der Waals surface area contributed by atoms with Gasteiger partial charge in [-0.05, 0) is 61.9 Å². The smallest absolute Gasteiger partial charge is 0.258 e. The van der Waals surface area contributed by atoms with Crippen LogP contribution in [0.4, 0.5) is 0 Å². The lowest BCUT2D eigenvalue weighted by Crippen LogP contribution is -2.28. The molecule has 2 heterocycles. The summed E-state index contributed by atoms with van der Waals surface area (Å²) in [4.78, 5) is 22.0. The third-order valence-electron chi connectivity index (χ3n) is 5.17. The van der Waals surface area contributed by atoms with Crippen molar-refractivity contribution in [1.82, 2.24) is 29.2 Å². The molecular weight excluding hydrogens is 396 g/mol. The average molecular weight is 421 g/mol. The first kappa shape index (κ1) is 20.2. The van der Waals surface area contributed by atoms with Crippen LogP contribution in [0.2, 0.25) is 0 Å². The van der Waals surface area contributed by atoms with E-state index in [1.807, 2.05) is 22.8 Å². The standard InChI is InChI=1S/C22H24N6OS/c1-4-26(12-20-24-18-8-6-5-7-17(18)21(29)25-20)14-28-22(30)27(13-23-28)19-11-15(2)9-10-16(19)3/h5-11,13H,4,12,14H2,1-3H3,(H,24,25,29). The van der Waals surface area contributed by atoms with Crippen molar-refractivity contribution < 1.29 is 0 Å². The molecule has 2 aromatic heterocycles. The molecule has 2 aromatic carbocycles. The van der Waals surface area contributed by atoms with Crippen LogP contribution in [-0.4, -0.2) is 35.8 Å². The molecule has 4 aromatic rings. The Morgan fingerprint density at radius 1 is 1.17 bits per heavy atom. The Labute approximate surface area is 179 Å². The molecule has 0 radical (unpaired) electrons. The van der Waals surface area contributed by atoms with Gasteiger partial charge in [0.15, 0.2) is 0 Å². The van der Waals surface area contributed by atoms with Crippen LogP contribution in [0.1, 0.15) is 23.9 Å². The van der Waals surface area contributed by atoms with E-state index in [-0.39, 0.29) is 5.56 Å². The fourth-order valence-electron chi connectivity index (χ4n) is 3.45. The molecule has 0 amide bonds. The molecule has 154 valence electrons. The maximum Gasteiger partial charge on any atom is 0.258 e. The maximum atomic E-state index is 12.3. The second kappa shape index (κ2) is 8.33. The molecule has 0 saturated heterocycles. The van der Waals surface area contributed by atoms with Gasteiger partial charge in [-0.2, -0.15) is 5.10 Å². The molecule has 0 bridgehead atoms. The molecule has 0 aliphatic carbocycles. The van der Waals surface area contributed by atoms with Crippen molar-refractivity contribution in [2.75, 3.05) is 6.54 Å². The number of H-pyrrole nitrogens is 1. The zero-order chi connectivity index (χ0) is 21.3. The maximum absolute atomic E-state index is 12.3. The lowest BCUT2D eigenvalue weighted by atomic mass is 10.1. The van der Waals surface area contributed by atoms with E-state index in [1.165, 1.54) is 5.56 Å². The summed E-state index contributed by atoms with van der Waals surface area (Å²) in [6, 6.07) is 13.6. The van der Waals surface area contributed by atoms with Gasteiger partial charge in [0.05, 0.1) is 29.8 Å². The van der Waals surface area contributed by atoms with Crippen LogP contribution in [0.15, 0.2) is 53.6 Å². The second-order valence-electron chi connectivity index (χ2n) is 7.39. The summed E-state index contributed by atoms with van der Waals surface area (Å²) in [7, 11) is 0. The van der Waals surface area contributed by atoms with Crippen molar-refractivity contribution in [3.8, 4) is 5.69 Å². The number of nitrogens with one attached hydrogen (secondary N) is 1. The fraction of sp³-hybridized carbons (Fsp3) is 0.273. The second-order valence-corrected chi connectivity index (χ2v) is 7.75. The van der Waals surface area contributed by atoms with E-state index in [4.69, 9.17) is 12.2 Å². The molecule has 0 unspecified atom stereocenters. The number of hydrogen-bond donors (Lipinski definition) is 1. The molecule has 0 fully saturated rings. The van der Waals surface area contributed by atoms with Crippen LogP contribution in [0, 0.1) is 18.6 Å². The first-order valence-corrected chi connectivity index (χ1v) is 10.3. The lowest BCUT2D eigenvalue weighted by molar-refractivity contribution is 0.202. The lowest BCUT2D eigenvalue weighted by Gasteiger charge is -2.19. The van der Waals surface area contributed by atoms with Crippen LogP contribution in [0.25, 0.3) is 16.6 Å². The Morgan fingerprint density at radius 3 is 2.77 bits per heavy atom. The first-order chi connectivity index (χ1) is 14.5. The van der Waals surface area contributed by atoms with E-state index in [0.717, 1.165) is 17.8 Å². The highest BCUT2D eigenvalue weighted by Crippen LogP contribution is 2.17.